The number of esters is 1. The molecule has 2 saturated heterocycles. The monoisotopic (exact) mass is 720 g/mol. The molecule has 13 heteroatoms. The number of hydrogen-bond donors (Lipinski definition) is 1. The largest absolute Gasteiger partial charge is 0.508 e. The number of aliphatic hydroxyl groups excluding tert-OH is 1. The molecule has 48 heavy (non-hydrogen) atoms. The van der Waals surface area contributed by atoms with Crippen molar-refractivity contribution in [2.24, 2.45) is 17.3 Å². The van der Waals surface area contributed by atoms with E-state index in [9.17, 15) is 19.5 Å². The third-order valence-electron chi connectivity index (χ3n) is 9.29. The Balaban J connectivity index is 1.44. The van der Waals surface area contributed by atoms with Gasteiger partial charge in [-0.2, -0.15) is 0 Å². The van der Waals surface area contributed by atoms with E-state index in [0.29, 0.717) is 18.6 Å². The summed E-state index contributed by atoms with van der Waals surface area (Å²) in [5, 5.41) is 15.0. The molecule has 0 radical (unpaired) electrons. The number of rotatable bonds is 8. The van der Waals surface area contributed by atoms with Crippen LogP contribution in [0.4, 0.5) is 4.79 Å². The highest BCUT2D eigenvalue weighted by Crippen LogP contribution is 2.45. The fraction of sp³-hybridized carbons (Fsp3) is 0.629. The van der Waals surface area contributed by atoms with Gasteiger partial charge < -0.3 is 24.1 Å². The number of aliphatic hydroxyl groups is 1. The molecule has 0 spiro atoms. The third-order valence-corrected chi connectivity index (χ3v) is 12.3. The first-order valence-corrected chi connectivity index (χ1v) is 19.6. The van der Waals surface area contributed by atoms with Gasteiger partial charge in [-0.15, -0.1) is 11.3 Å². The molecule has 2 aliphatic heterocycles. The van der Waals surface area contributed by atoms with E-state index in [2.05, 4.69) is 16.9 Å². The molecule has 4 rings (SSSR count). The van der Waals surface area contributed by atoms with E-state index in [0.717, 1.165) is 34.1 Å². The number of thiazole rings is 1. The summed E-state index contributed by atoms with van der Waals surface area (Å²) in [5.74, 6) is -1.35. The van der Waals surface area contributed by atoms with E-state index in [1.807, 2.05) is 50.4 Å². The van der Waals surface area contributed by atoms with Gasteiger partial charge in [0.2, 0.25) is 0 Å². The van der Waals surface area contributed by atoms with Crippen LogP contribution < -0.4 is 0 Å². The Kier molecular flexibility index (Phi) is 13.6. The Morgan fingerprint density at radius 2 is 2.00 bits per heavy atom. The lowest BCUT2D eigenvalue weighted by atomic mass is 9.73. The number of nitrogens with zero attached hydrogens (tertiary/aromatic N) is 2. The molecule has 2 aromatic rings. The van der Waals surface area contributed by atoms with Gasteiger partial charge in [-0.1, -0.05) is 51.0 Å². The molecule has 0 saturated carbocycles. The minimum atomic E-state index is -1.32. The van der Waals surface area contributed by atoms with E-state index < -0.39 is 41.8 Å². The molecule has 4 heterocycles. The Bertz CT molecular complexity index is 1430. The van der Waals surface area contributed by atoms with Crippen LogP contribution in [-0.2, 0) is 28.5 Å². The predicted molar refractivity (Wildman–Crippen MR) is 189 cm³/mol. The molecular formula is C35H48N2O8S3. The maximum atomic E-state index is 13.9. The topological polar surface area (TPSA) is 137 Å². The number of pyridine rings is 1. The zero-order valence-electron chi connectivity index (χ0n) is 28.8. The van der Waals surface area contributed by atoms with Crippen molar-refractivity contribution in [1.82, 2.24) is 9.97 Å². The van der Waals surface area contributed by atoms with Crippen molar-refractivity contribution in [3.63, 3.8) is 0 Å². The molecule has 2 aromatic heterocycles. The average molecular weight is 721 g/mol. The van der Waals surface area contributed by atoms with Gasteiger partial charge in [0, 0.05) is 23.8 Å². The van der Waals surface area contributed by atoms with Crippen molar-refractivity contribution < 1.29 is 38.4 Å². The number of fused-ring (bicyclic) bond motifs is 1. The molecule has 0 aliphatic carbocycles. The second-order valence-electron chi connectivity index (χ2n) is 13.5. The van der Waals surface area contributed by atoms with E-state index in [1.54, 1.807) is 38.3 Å². The second kappa shape index (κ2) is 17.0. The number of cyclic esters (lactones) is 1. The fourth-order valence-corrected chi connectivity index (χ4v) is 8.35. The Labute approximate surface area is 295 Å². The van der Waals surface area contributed by atoms with Crippen LogP contribution in [0, 0.1) is 24.2 Å². The van der Waals surface area contributed by atoms with Crippen molar-refractivity contribution in [2.45, 2.75) is 116 Å². The van der Waals surface area contributed by atoms with Gasteiger partial charge in [-0.3, -0.25) is 9.59 Å². The van der Waals surface area contributed by atoms with Gasteiger partial charge >= 0.3 is 12.1 Å². The molecule has 10 nitrogen and oxygen atoms in total. The predicted octanol–water partition coefficient (Wildman–Crippen LogP) is 7.47. The number of hydrogen-bond acceptors (Lipinski definition) is 13. The Hall–Kier alpha value is -2.45. The molecular weight excluding hydrogens is 673 g/mol. The standard InChI is InChI=1S/C35H48N2O8S3/c1-21-11-10-13-35(7)28(45-35)18-26(22(2)17-25-20-46-24(4)37-25)43-30(39)19-27(38)34(5,6)32(40)23(3)31(21)44-33(41)42-15-16-47-48-29-12-8-9-14-36-29/h8-9,12,14,17,20-21,23,26-28,31,38H,10-11,13,15-16,18-19H2,1-7H3/b22-17+/t21-,23+,26-,27-,28-,31-,35+/m0/s1. The molecule has 0 aromatic carbocycles. The van der Waals surface area contributed by atoms with Crippen molar-refractivity contribution in [2.75, 3.05) is 12.4 Å². The van der Waals surface area contributed by atoms with Gasteiger partial charge in [-0.25, -0.2) is 14.8 Å². The van der Waals surface area contributed by atoms with Gasteiger partial charge in [0.05, 0.1) is 46.3 Å². The van der Waals surface area contributed by atoms with Gasteiger partial charge in [0.25, 0.3) is 0 Å². The van der Waals surface area contributed by atoms with Crippen molar-refractivity contribution in [1.29, 1.82) is 0 Å². The first-order valence-electron chi connectivity index (χ1n) is 16.4. The van der Waals surface area contributed by atoms with Crippen LogP contribution in [-0.4, -0.2) is 75.4 Å². The number of epoxide rings is 1. The molecule has 0 amide bonds. The number of aryl methyl sites for hydroxylation is 1. The number of carbonyl (C=O) groups excluding carboxylic acids is 3. The van der Waals surface area contributed by atoms with Crippen LogP contribution in [0.25, 0.3) is 6.08 Å². The number of ketones is 1. The van der Waals surface area contributed by atoms with Crippen LogP contribution in [0.1, 0.15) is 84.3 Å². The number of aromatic nitrogens is 2. The quantitative estimate of drug-likeness (QED) is 0.125. The summed E-state index contributed by atoms with van der Waals surface area (Å²) in [6.07, 6.45) is 2.31. The summed E-state index contributed by atoms with van der Waals surface area (Å²) >= 11 is 1.55. The molecule has 1 N–H and O–H groups in total. The Morgan fingerprint density at radius 1 is 1.23 bits per heavy atom. The average Bonchev–Trinajstić information content (AvgIpc) is 3.48. The summed E-state index contributed by atoms with van der Waals surface area (Å²) < 4.78 is 23.3. The molecule has 2 fully saturated rings. The van der Waals surface area contributed by atoms with Gasteiger partial charge in [-0.05, 0) is 74.1 Å². The fourth-order valence-electron chi connectivity index (χ4n) is 6.08. The molecule has 0 bridgehead atoms. The van der Waals surface area contributed by atoms with Gasteiger partial charge in [0.1, 0.15) is 29.6 Å². The smallest absolute Gasteiger partial charge is 0.458 e. The Morgan fingerprint density at radius 3 is 2.69 bits per heavy atom. The zero-order valence-corrected chi connectivity index (χ0v) is 31.3. The van der Waals surface area contributed by atoms with Crippen LogP contribution in [0.5, 0.6) is 0 Å². The van der Waals surface area contributed by atoms with Gasteiger partial charge in [0.15, 0.2) is 0 Å². The highest BCUT2D eigenvalue weighted by atomic mass is 33.1. The van der Waals surface area contributed by atoms with Crippen LogP contribution in [0.2, 0.25) is 0 Å². The van der Waals surface area contributed by atoms with Crippen LogP contribution in [0.15, 0.2) is 40.4 Å². The molecule has 7 atom stereocenters. The van der Waals surface area contributed by atoms with Crippen LogP contribution in [0.3, 0.4) is 0 Å². The maximum absolute atomic E-state index is 13.9. The lowest BCUT2D eigenvalue weighted by molar-refractivity contribution is -0.154. The molecule has 2 aliphatic rings. The zero-order chi connectivity index (χ0) is 35.1. The maximum Gasteiger partial charge on any atom is 0.508 e. The number of ether oxygens (including phenoxy) is 4. The summed E-state index contributed by atoms with van der Waals surface area (Å²) in [7, 11) is 3.00. The van der Waals surface area contributed by atoms with E-state index in [4.69, 9.17) is 18.9 Å². The first-order chi connectivity index (χ1) is 22.7. The molecule has 0 unspecified atom stereocenters. The number of carbonyl (C=O) groups is 3. The van der Waals surface area contributed by atoms with Crippen molar-refractivity contribution in [3.05, 3.63) is 46.1 Å². The second-order valence-corrected chi connectivity index (χ2v) is 17.0. The van der Waals surface area contributed by atoms with Crippen LogP contribution >= 0.6 is 32.9 Å². The highest BCUT2D eigenvalue weighted by molar-refractivity contribution is 8.76. The van der Waals surface area contributed by atoms with Crippen molar-refractivity contribution >= 4 is 56.9 Å². The minimum absolute atomic E-state index is 0.114. The van der Waals surface area contributed by atoms with E-state index in [1.165, 1.54) is 21.6 Å². The SMILES string of the molecule is C/C(=C\c1csc(C)n1)[C@@H]1C[C@@H]2O[C@]2(C)CCC[C@H](C)[C@H](OC(=O)OCCSSc2ccccn2)[C@@H](C)C(=O)C(C)(C)[C@@H](O)CC(=O)O1. The van der Waals surface area contributed by atoms with E-state index >= 15 is 0 Å². The summed E-state index contributed by atoms with van der Waals surface area (Å²) in [4.78, 5) is 48.8. The van der Waals surface area contributed by atoms with E-state index in [-0.39, 0.29) is 36.4 Å². The third kappa shape index (κ3) is 10.5. The van der Waals surface area contributed by atoms with Crippen molar-refractivity contribution in [3.8, 4) is 0 Å². The lowest BCUT2D eigenvalue weighted by Crippen LogP contribution is -2.47. The highest BCUT2D eigenvalue weighted by Gasteiger charge is 2.53. The summed E-state index contributed by atoms with van der Waals surface area (Å²) in [6.45, 7) is 12.9. The number of Topliss-reactive ketones (excluding diaryl/α,β-unsaturated/α-hetero) is 1. The summed E-state index contributed by atoms with van der Waals surface area (Å²) in [5.41, 5.74) is -0.0810. The summed E-state index contributed by atoms with van der Waals surface area (Å²) in [6, 6.07) is 5.66. The normalized spacial score (nSPS) is 30.2. The minimum Gasteiger partial charge on any atom is -0.458 e. The first kappa shape index (κ1) is 38.4. The lowest BCUT2D eigenvalue weighted by Gasteiger charge is -2.36. The molecule has 264 valence electrons.